The molecule has 1 heterocycles. The average Bonchev–Trinajstić information content (AvgIpc) is 3.18. The molecule has 0 radical (unpaired) electrons. The summed E-state index contributed by atoms with van der Waals surface area (Å²) in [4.78, 5) is 3.24. The fraction of sp³-hybridized carbons (Fsp3) is 0.0714. The molecular weight excluding hydrogens is 423 g/mol. The van der Waals surface area contributed by atoms with Crippen molar-refractivity contribution in [2.24, 2.45) is 0 Å². The van der Waals surface area contributed by atoms with E-state index in [2.05, 4.69) is 16.8 Å². The minimum Gasteiger partial charge on any atom is -0.508 e. The van der Waals surface area contributed by atoms with Crippen molar-refractivity contribution >= 4 is 21.8 Å². The number of aromatic nitrogens is 1. The summed E-state index contributed by atoms with van der Waals surface area (Å²) >= 11 is 0. The van der Waals surface area contributed by atoms with E-state index in [-0.39, 0.29) is 11.3 Å². The van der Waals surface area contributed by atoms with Gasteiger partial charge in [0.25, 0.3) is 0 Å². The quantitative estimate of drug-likeness (QED) is 0.258. The number of hydrogen-bond donors (Lipinski definition) is 2. The highest BCUT2D eigenvalue weighted by molar-refractivity contribution is 6.07. The van der Waals surface area contributed by atoms with E-state index in [1.807, 2.05) is 38.1 Å². The monoisotopic (exact) mass is 443 g/mol. The smallest absolute Gasteiger partial charge is 0.159 e. The van der Waals surface area contributed by atoms with Crippen LogP contribution in [0, 0.1) is 29.3 Å². The highest BCUT2D eigenvalue weighted by Crippen LogP contribution is 2.28. The van der Waals surface area contributed by atoms with Crippen molar-refractivity contribution in [1.29, 1.82) is 0 Å². The molecule has 0 amide bonds. The van der Waals surface area contributed by atoms with Gasteiger partial charge in [0, 0.05) is 27.9 Å². The Morgan fingerprint density at radius 2 is 1.27 bits per heavy atom. The van der Waals surface area contributed by atoms with Crippen molar-refractivity contribution in [3.63, 3.8) is 0 Å². The second-order valence-electron chi connectivity index (χ2n) is 7.19. The maximum Gasteiger partial charge on any atom is 0.159 e. The zero-order chi connectivity index (χ0) is 23.5. The number of phenolic OH excluding ortho intramolecular Hbond substituents is 1. The van der Waals surface area contributed by atoms with E-state index in [1.54, 1.807) is 18.2 Å². The molecule has 33 heavy (non-hydrogen) atoms. The molecule has 2 nitrogen and oxygen atoms in total. The average molecular weight is 443 g/mol. The van der Waals surface area contributed by atoms with E-state index in [1.165, 1.54) is 18.2 Å². The number of nitrogens with one attached hydrogen (secondary N) is 1. The summed E-state index contributed by atoms with van der Waals surface area (Å²) in [5.41, 5.74) is 3.40. The van der Waals surface area contributed by atoms with Gasteiger partial charge in [-0.15, -0.1) is 0 Å². The van der Waals surface area contributed by atoms with Gasteiger partial charge in [-0.05, 0) is 59.7 Å². The molecule has 0 unspecified atom stereocenters. The van der Waals surface area contributed by atoms with Crippen molar-refractivity contribution in [2.75, 3.05) is 0 Å². The first kappa shape index (κ1) is 22.0. The lowest BCUT2D eigenvalue weighted by molar-refractivity contribution is 0.476. The second kappa shape index (κ2) is 9.13. The first-order valence-electron chi connectivity index (χ1n) is 10.5. The Labute approximate surface area is 189 Å². The van der Waals surface area contributed by atoms with Crippen molar-refractivity contribution < 1.29 is 18.3 Å². The standard InChI is InChI=1S/C26H14F3NO.C2H6/c27-22-10-6-18(13-24(22)29)17-5-4-16(23(28)12-17)3-1-15-2-8-20-21-9-7-19(31)14-26(21)30-25(20)11-15;1-2/h2,4-14,30-31H;1-2H3. The van der Waals surface area contributed by atoms with Crippen LogP contribution in [0.25, 0.3) is 32.9 Å². The van der Waals surface area contributed by atoms with Crippen LogP contribution in [0.15, 0.2) is 72.8 Å². The predicted molar refractivity (Wildman–Crippen MR) is 127 cm³/mol. The molecule has 2 N–H and O–H groups in total. The zero-order valence-corrected chi connectivity index (χ0v) is 18.0. The molecule has 4 aromatic carbocycles. The minimum absolute atomic E-state index is 0.182. The zero-order valence-electron chi connectivity index (χ0n) is 18.0. The normalized spacial score (nSPS) is 10.5. The number of phenols is 1. The Morgan fingerprint density at radius 3 is 1.97 bits per heavy atom. The highest BCUT2D eigenvalue weighted by atomic mass is 19.2. The van der Waals surface area contributed by atoms with Crippen molar-refractivity contribution in [1.82, 2.24) is 4.98 Å². The van der Waals surface area contributed by atoms with Crippen LogP contribution in [0.1, 0.15) is 25.0 Å². The summed E-state index contributed by atoms with van der Waals surface area (Å²) in [6.07, 6.45) is 0. The third kappa shape index (κ3) is 4.42. The van der Waals surface area contributed by atoms with Crippen LogP contribution in [0.2, 0.25) is 0 Å². The SMILES string of the molecule is CC.Oc1ccc2c(c1)[nH]c1cc(C#Cc3ccc(-c4ccc(F)c(F)c4)cc3F)ccc12. The van der Waals surface area contributed by atoms with E-state index >= 15 is 0 Å². The fourth-order valence-corrected chi connectivity index (χ4v) is 3.59. The minimum atomic E-state index is -0.982. The number of benzene rings is 4. The predicted octanol–water partition coefficient (Wildman–Crippen LogP) is 7.54. The Hall–Kier alpha value is -4.17. The number of fused-ring (bicyclic) bond motifs is 3. The van der Waals surface area contributed by atoms with Gasteiger partial charge in [-0.3, -0.25) is 0 Å². The van der Waals surface area contributed by atoms with Crippen LogP contribution in [0.3, 0.4) is 0 Å². The number of H-pyrrole nitrogens is 1. The molecule has 0 saturated heterocycles. The van der Waals surface area contributed by atoms with Crippen LogP contribution in [0.5, 0.6) is 5.75 Å². The highest BCUT2D eigenvalue weighted by Gasteiger charge is 2.08. The van der Waals surface area contributed by atoms with Gasteiger partial charge in [-0.2, -0.15) is 0 Å². The summed E-state index contributed by atoms with van der Waals surface area (Å²) in [6.45, 7) is 4.00. The molecule has 5 heteroatoms. The van der Waals surface area contributed by atoms with Gasteiger partial charge >= 0.3 is 0 Å². The van der Waals surface area contributed by atoms with Gasteiger partial charge in [0.1, 0.15) is 11.6 Å². The van der Waals surface area contributed by atoms with Crippen LogP contribution in [-0.2, 0) is 0 Å². The first-order chi connectivity index (χ1) is 16.0. The van der Waals surface area contributed by atoms with E-state index in [0.29, 0.717) is 16.7 Å². The number of rotatable bonds is 1. The number of aromatic amines is 1. The first-order valence-corrected chi connectivity index (χ1v) is 10.5. The Balaban J connectivity index is 0.00000126. The lowest BCUT2D eigenvalue weighted by Gasteiger charge is -2.04. The Kier molecular flexibility index (Phi) is 6.10. The molecule has 0 saturated carbocycles. The van der Waals surface area contributed by atoms with Gasteiger partial charge < -0.3 is 10.1 Å². The van der Waals surface area contributed by atoms with E-state index < -0.39 is 17.5 Å². The summed E-state index contributed by atoms with van der Waals surface area (Å²) in [6, 6.07) is 18.6. The summed E-state index contributed by atoms with van der Waals surface area (Å²) < 4.78 is 41.1. The van der Waals surface area contributed by atoms with Crippen molar-refractivity contribution in [3.05, 3.63) is 101 Å². The molecule has 0 aliphatic carbocycles. The summed E-state index contributed by atoms with van der Waals surface area (Å²) in [7, 11) is 0. The molecule has 0 aliphatic rings. The van der Waals surface area contributed by atoms with Gasteiger partial charge in [0.05, 0.1) is 11.1 Å². The molecule has 5 rings (SSSR count). The van der Waals surface area contributed by atoms with Crippen LogP contribution in [0.4, 0.5) is 13.2 Å². The third-order valence-electron chi connectivity index (χ3n) is 5.15. The molecule has 5 aromatic rings. The summed E-state index contributed by atoms with van der Waals surface area (Å²) in [5.74, 6) is 3.49. The van der Waals surface area contributed by atoms with Crippen LogP contribution < -0.4 is 0 Å². The molecule has 0 fully saturated rings. The van der Waals surface area contributed by atoms with Crippen molar-refractivity contribution in [2.45, 2.75) is 13.8 Å². The van der Waals surface area contributed by atoms with E-state index in [9.17, 15) is 18.3 Å². The molecule has 164 valence electrons. The van der Waals surface area contributed by atoms with E-state index in [0.717, 1.165) is 33.9 Å². The molecule has 1 aromatic heterocycles. The Bertz CT molecular complexity index is 1540. The summed E-state index contributed by atoms with van der Waals surface area (Å²) in [5, 5.41) is 11.6. The van der Waals surface area contributed by atoms with Crippen LogP contribution >= 0.6 is 0 Å². The maximum atomic E-state index is 14.5. The van der Waals surface area contributed by atoms with Crippen LogP contribution in [-0.4, -0.2) is 10.1 Å². The molecule has 0 aliphatic heterocycles. The van der Waals surface area contributed by atoms with Gasteiger partial charge in [-0.1, -0.05) is 43.9 Å². The number of halogens is 3. The lowest BCUT2D eigenvalue weighted by atomic mass is 10.0. The number of aromatic hydroxyl groups is 1. The largest absolute Gasteiger partial charge is 0.508 e. The van der Waals surface area contributed by atoms with Crippen molar-refractivity contribution in [3.8, 4) is 28.7 Å². The molecule has 0 bridgehead atoms. The van der Waals surface area contributed by atoms with Gasteiger partial charge in [-0.25, -0.2) is 13.2 Å². The van der Waals surface area contributed by atoms with E-state index in [4.69, 9.17) is 0 Å². The fourth-order valence-electron chi connectivity index (χ4n) is 3.59. The molecule has 0 spiro atoms. The second-order valence-corrected chi connectivity index (χ2v) is 7.19. The Morgan fingerprint density at radius 1 is 0.636 bits per heavy atom. The molecule has 0 atom stereocenters. The molecular formula is C28H20F3NO. The van der Waals surface area contributed by atoms with Gasteiger partial charge in [0.15, 0.2) is 11.6 Å². The van der Waals surface area contributed by atoms with Gasteiger partial charge in [0.2, 0.25) is 0 Å². The third-order valence-corrected chi connectivity index (χ3v) is 5.15. The maximum absolute atomic E-state index is 14.5. The number of hydrogen-bond acceptors (Lipinski definition) is 1. The lowest BCUT2D eigenvalue weighted by Crippen LogP contribution is -1.89. The topological polar surface area (TPSA) is 36.0 Å².